The van der Waals surface area contributed by atoms with Crippen molar-refractivity contribution in [1.29, 1.82) is 0 Å². The van der Waals surface area contributed by atoms with Crippen molar-refractivity contribution in [2.45, 2.75) is 46.1 Å². The number of hydrogen-bond acceptors (Lipinski definition) is 3. The highest BCUT2D eigenvalue weighted by Crippen LogP contribution is 2.24. The Kier molecular flexibility index (Phi) is 5.91. The minimum absolute atomic E-state index is 0.0475. The van der Waals surface area contributed by atoms with Crippen molar-refractivity contribution in [2.24, 2.45) is 5.92 Å². The molecular formula is C18H25BrN2O3. The molecule has 5 nitrogen and oxygen atoms in total. The van der Waals surface area contributed by atoms with E-state index < -0.39 is 5.60 Å². The van der Waals surface area contributed by atoms with Crippen LogP contribution in [0.4, 0.5) is 10.5 Å². The molecule has 1 aliphatic rings. The standard InChI is InChI=1S/C18H25BrN2O3/c1-12-10-14(19)7-8-15(12)20-16(22)13-6-5-9-21(11-13)17(23)24-18(2,3)4/h7-8,10,13H,5-6,9,11H2,1-4H3,(H,20,22). The number of halogens is 1. The summed E-state index contributed by atoms with van der Waals surface area (Å²) < 4.78 is 6.38. The lowest BCUT2D eigenvalue weighted by Crippen LogP contribution is -2.45. The number of rotatable bonds is 2. The van der Waals surface area contributed by atoms with E-state index in [1.165, 1.54) is 0 Å². The number of piperidine rings is 1. The van der Waals surface area contributed by atoms with Gasteiger partial charge in [0.2, 0.25) is 5.91 Å². The third-order valence-electron chi connectivity index (χ3n) is 3.89. The van der Waals surface area contributed by atoms with Crippen molar-refractivity contribution < 1.29 is 14.3 Å². The molecule has 24 heavy (non-hydrogen) atoms. The first kappa shape index (κ1) is 18.8. The number of carbonyl (C=O) groups excluding carboxylic acids is 2. The Morgan fingerprint density at radius 2 is 2.04 bits per heavy atom. The predicted molar refractivity (Wildman–Crippen MR) is 98.0 cm³/mol. The van der Waals surface area contributed by atoms with E-state index in [1.807, 2.05) is 45.9 Å². The van der Waals surface area contributed by atoms with Gasteiger partial charge in [-0.05, 0) is 64.3 Å². The lowest BCUT2D eigenvalue weighted by Gasteiger charge is -2.33. The van der Waals surface area contributed by atoms with Gasteiger partial charge >= 0.3 is 6.09 Å². The minimum atomic E-state index is -0.527. The first-order chi connectivity index (χ1) is 11.2. The van der Waals surface area contributed by atoms with Gasteiger partial charge in [-0.2, -0.15) is 0 Å². The summed E-state index contributed by atoms with van der Waals surface area (Å²) in [6, 6.07) is 5.74. The van der Waals surface area contributed by atoms with Gasteiger partial charge in [-0.15, -0.1) is 0 Å². The van der Waals surface area contributed by atoms with Gasteiger partial charge in [-0.25, -0.2) is 4.79 Å². The summed E-state index contributed by atoms with van der Waals surface area (Å²) in [7, 11) is 0. The van der Waals surface area contributed by atoms with Crippen LogP contribution in [0.3, 0.4) is 0 Å². The van der Waals surface area contributed by atoms with E-state index in [0.29, 0.717) is 13.1 Å². The highest BCUT2D eigenvalue weighted by molar-refractivity contribution is 9.10. The lowest BCUT2D eigenvalue weighted by atomic mass is 9.97. The van der Waals surface area contributed by atoms with Gasteiger partial charge in [-0.1, -0.05) is 15.9 Å². The van der Waals surface area contributed by atoms with Crippen molar-refractivity contribution in [3.63, 3.8) is 0 Å². The number of carbonyl (C=O) groups is 2. The van der Waals surface area contributed by atoms with Crippen molar-refractivity contribution in [3.8, 4) is 0 Å². The fraction of sp³-hybridized carbons (Fsp3) is 0.556. The molecule has 1 aromatic rings. The summed E-state index contributed by atoms with van der Waals surface area (Å²) in [6.45, 7) is 8.51. The molecule has 0 aliphatic carbocycles. The number of likely N-dealkylation sites (tertiary alicyclic amines) is 1. The van der Waals surface area contributed by atoms with E-state index >= 15 is 0 Å². The molecule has 0 saturated carbocycles. The molecular weight excluding hydrogens is 372 g/mol. The van der Waals surface area contributed by atoms with Gasteiger partial charge in [0.05, 0.1) is 5.92 Å². The van der Waals surface area contributed by atoms with Gasteiger partial charge in [0, 0.05) is 23.2 Å². The van der Waals surface area contributed by atoms with Gasteiger partial charge in [0.15, 0.2) is 0 Å². The predicted octanol–water partition coefficient (Wildman–Crippen LogP) is 4.34. The number of aryl methyl sites for hydroxylation is 1. The summed E-state index contributed by atoms with van der Waals surface area (Å²) in [6.07, 6.45) is 1.23. The van der Waals surface area contributed by atoms with E-state index in [4.69, 9.17) is 4.74 Å². The second kappa shape index (κ2) is 7.55. The average molecular weight is 397 g/mol. The fourth-order valence-corrected chi connectivity index (χ4v) is 3.16. The number of nitrogens with one attached hydrogen (secondary N) is 1. The van der Waals surface area contributed by atoms with Crippen LogP contribution in [0.1, 0.15) is 39.2 Å². The summed E-state index contributed by atoms with van der Waals surface area (Å²) in [5.41, 5.74) is 1.27. The molecule has 1 saturated heterocycles. The van der Waals surface area contributed by atoms with E-state index in [0.717, 1.165) is 28.6 Å². The Labute approximate surface area is 151 Å². The summed E-state index contributed by atoms with van der Waals surface area (Å²) >= 11 is 3.42. The second-order valence-corrected chi connectivity index (χ2v) is 8.13. The van der Waals surface area contributed by atoms with Crippen LogP contribution in [-0.2, 0) is 9.53 Å². The molecule has 2 amide bonds. The zero-order valence-corrected chi connectivity index (χ0v) is 16.3. The second-order valence-electron chi connectivity index (χ2n) is 7.21. The molecule has 132 valence electrons. The van der Waals surface area contributed by atoms with Gasteiger partial charge in [0.25, 0.3) is 0 Å². The maximum absolute atomic E-state index is 12.6. The molecule has 1 aliphatic heterocycles. The zero-order chi connectivity index (χ0) is 17.9. The number of hydrogen-bond donors (Lipinski definition) is 1. The maximum atomic E-state index is 12.6. The molecule has 1 aromatic carbocycles. The zero-order valence-electron chi connectivity index (χ0n) is 14.7. The van der Waals surface area contributed by atoms with Crippen LogP contribution in [0.15, 0.2) is 22.7 Å². The number of amides is 2. The quantitative estimate of drug-likeness (QED) is 0.808. The molecule has 2 rings (SSSR count). The van der Waals surface area contributed by atoms with Crippen LogP contribution in [-0.4, -0.2) is 35.6 Å². The maximum Gasteiger partial charge on any atom is 0.410 e. The van der Waals surface area contributed by atoms with Crippen LogP contribution in [0.25, 0.3) is 0 Å². The SMILES string of the molecule is Cc1cc(Br)ccc1NC(=O)C1CCCN(C(=O)OC(C)(C)C)C1. The normalized spacial score (nSPS) is 18.2. The Morgan fingerprint density at radius 3 is 2.67 bits per heavy atom. The van der Waals surface area contributed by atoms with Crippen molar-refractivity contribution in [1.82, 2.24) is 4.90 Å². The van der Waals surface area contributed by atoms with Crippen molar-refractivity contribution in [2.75, 3.05) is 18.4 Å². The third-order valence-corrected chi connectivity index (χ3v) is 4.38. The van der Waals surface area contributed by atoms with E-state index in [2.05, 4.69) is 21.2 Å². The van der Waals surface area contributed by atoms with E-state index in [1.54, 1.807) is 4.90 Å². The molecule has 6 heteroatoms. The van der Waals surface area contributed by atoms with Crippen molar-refractivity contribution >= 4 is 33.6 Å². The first-order valence-corrected chi connectivity index (χ1v) is 9.00. The van der Waals surface area contributed by atoms with Crippen LogP contribution in [0.5, 0.6) is 0 Å². The Balaban J connectivity index is 1.98. The van der Waals surface area contributed by atoms with Gasteiger partial charge in [-0.3, -0.25) is 4.79 Å². The highest BCUT2D eigenvalue weighted by Gasteiger charge is 2.31. The molecule has 0 spiro atoms. The summed E-state index contributed by atoms with van der Waals surface area (Å²) in [5, 5.41) is 2.98. The molecule has 1 atom stereocenters. The molecule has 1 heterocycles. The minimum Gasteiger partial charge on any atom is -0.444 e. The van der Waals surface area contributed by atoms with E-state index in [9.17, 15) is 9.59 Å². The molecule has 1 unspecified atom stereocenters. The first-order valence-electron chi connectivity index (χ1n) is 8.20. The third kappa shape index (κ3) is 5.23. The molecule has 0 radical (unpaired) electrons. The van der Waals surface area contributed by atoms with Crippen molar-refractivity contribution in [3.05, 3.63) is 28.2 Å². The van der Waals surface area contributed by atoms with Crippen LogP contribution in [0.2, 0.25) is 0 Å². The highest BCUT2D eigenvalue weighted by atomic mass is 79.9. The average Bonchev–Trinajstić information content (AvgIpc) is 2.48. The Hall–Kier alpha value is -1.56. The van der Waals surface area contributed by atoms with Gasteiger partial charge in [0.1, 0.15) is 5.60 Å². The summed E-state index contributed by atoms with van der Waals surface area (Å²) in [5.74, 6) is -0.261. The topological polar surface area (TPSA) is 58.6 Å². The van der Waals surface area contributed by atoms with Gasteiger partial charge < -0.3 is 15.0 Å². The van der Waals surface area contributed by atoms with E-state index in [-0.39, 0.29) is 17.9 Å². The molecule has 1 fully saturated rings. The lowest BCUT2D eigenvalue weighted by molar-refractivity contribution is -0.121. The molecule has 1 N–H and O–H groups in total. The number of anilines is 1. The number of ether oxygens (including phenoxy) is 1. The Morgan fingerprint density at radius 1 is 1.33 bits per heavy atom. The smallest absolute Gasteiger partial charge is 0.410 e. The molecule has 0 bridgehead atoms. The summed E-state index contributed by atoms with van der Waals surface area (Å²) in [4.78, 5) is 26.4. The monoisotopic (exact) mass is 396 g/mol. The molecule has 0 aromatic heterocycles. The Bertz CT molecular complexity index is 625. The van der Waals surface area contributed by atoms with Crippen LogP contribution >= 0.6 is 15.9 Å². The van der Waals surface area contributed by atoms with Crippen LogP contribution in [0, 0.1) is 12.8 Å². The number of benzene rings is 1. The van der Waals surface area contributed by atoms with Crippen LogP contribution < -0.4 is 5.32 Å². The fourth-order valence-electron chi connectivity index (χ4n) is 2.69. The number of nitrogens with zero attached hydrogens (tertiary/aromatic N) is 1. The largest absolute Gasteiger partial charge is 0.444 e.